The summed E-state index contributed by atoms with van der Waals surface area (Å²) in [4.78, 5) is 12.8. The lowest BCUT2D eigenvalue weighted by molar-refractivity contribution is 0.0301. The number of hydrogen-bond donors (Lipinski definition) is 2. The SMILES string of the molecule is CN1C(=O)c2cc(N)c(Br)cc2C1O. The lowest BCUT2D eigenvalue weighted by Gasteiger charge is -2.13. The van der Waals surface area contributed by atoms with Gasteiger partial charge < -0.3 is 15.7 Å². The Morgan fingerprint density at radius 1 is 1.57 bits per heavy atom. The van der Waals surface area contributed by atoms with Gasteiger partial charge in [0.2, 0.25) is 0 Å². The first-order valence-electron chi connectivity index (χ1n) is 4.06. The molecular weight excluding hydrogens is 248 g/mol. The standard InChI is InChI=1S/C9H9BrN2O2/c1-12-8(13)4-2-6(10)7(11)3-5(4)9(12)14/h2-3,8,13H,11H2,1H3. The van der Waals surface area contributed by atoms with E-state index in [0.29, 0.717) is 21.3 Å². The average Bonchev–Trinajstić information content (AvgIpc) is 2.34. The molecule has 4 nitrogen and oxygen atoms in total. The second-order valence-electron chi connectivity index (χ2n) is 3.25. The van der Waals surface area contributed by atoms with E-state index in [1.807, 2.05) is 0 Å². The van der Waals surface area contributed by atoms with Crippen LogP contribution in [0.2, 0.25) is 0 Å². The number of fused-ring (bicyclic) bond motifs is 1. The molecule has 5 heteroatoms. The lowest BCUT2D eigenvalue weighted by Crippen LogP contribution is -2.22. The molecule has 0 aliphatic carbocycles. The molecule has 1 amide bonds. The second kappa shape index (κ2) is 2.96. The van der Waals surface area contributed by atoms with Gasteiger partial charge in [-0.05, 0) is 28.1 Å². The molecule has 1 heterocycles. The summed E-state index contributed by atoms with van der Waals surface area (Å²) >= 11 is 3.25. The number of nitrogen functional groups attached to an aromatic ring is 1. The first kappa shape index (κ1) is 9.48. The number of carbonyl (C=O) groups excluding carboxylic acids is 1. The highest BCUT2D eigenvalue weighted by molar-refractivity contribution is 9.10. The van der Waals surface area contributed by atoms with Gasteiger partial charge in [0, 0.05) is 28.3 Å². The zero-order chi connectivity index (χ0) is 10.5. The van der Waals surface area contributed by atoms with Crippen molar-refractivity contribution in [2.24, 2.45) is 0 Å². The highest BCUT2D eigenvalue weighted by Gasteiger charge is 2.33. The van der Waals surface area contributed by atoms with Crippen LogP contribution in [0.3, 0.4) is 0 Å². The minimum Gasteiger partial charge on any atom is -0.398 e. The third-order valence-corrected chi connectivity index (χ3v) is 3.05. The van der Waals surface area contributed by atoms with Crippen molar-refractivity contribution in [3.63, 3.8) is 0 Å². The van der Waals surface area contributed by atoms with Gasteiger partial charge in [0.05, 0.1) is 0 Å². The molecule has 0 aromatic heterocycles. The van der Waals surface area contributed by atoms with Crippen LogP contribution in [0.25, 0.3) is 0 Å². The summed E-state index contributed by atoms with van der Waals surface area (Å²) in [6, 6.07) is 3.26. The van der Waals surface area contributed by atoms with E-state index in [-0.39, 0.29) is 5.91 Å². The minimum absolute atomic E-state index is 0.202. The maximum absolute atomic E-state index is 11.6. The third-order valence-electron chi connectivity index (χ3n) is 2.36. The van der Waals surface area contributed by atoms with Gasteiger partial charge >= 0.3 is 0 Å². The smallest absolute Gasteiger partial charge is 0.256 e. The van der Waals surface area contributed by atoms with Crippen molar-refractivity contribution in [3.8, 4) is 0 Å². The molecule has 1 atom stereocenters. The second-order valence-corrected chi connectivity index (χ2v) is 4.11. The fourth-order valence-electron chi connectivity index (χ4n) is 1.51. The molecule has 0 spiro atoms. The van der Waals surface area contributed by atoms with E-state index in [0.717, 1.165) is 0 Å². The van der Waals surface area contributed by atoms with Crippen LogP contribution in [0.1, 0.15) is 22.1 Å². The Labute approximate surface area is 89.4 Å². The van der Waals surface area contributed by atoms with E-state index in [9.17, 15) is 9.90 Å². The predicted molar refractivity (Wildman–Crippen MR) is 55.6 cm³/mol. The van der Waals surface area contributed by atoms with Crippen molar-refractivity contribution in [1.82, 2.24) is 4.90 Å². The number of carbonyl (C=O) groups is 1. The van der Waals surface area contributed by atoms with Crippen LogP contribution in [0, 0.1) is 0 Å². The van der Waals surface area contributed by atoms with Gasteiger partial charge in [0.25, 0.3) is 5.91 Å². The Hall–Kier alpha value is -1.07. The summed E-state index contributed by atoms with van der Waals surface area (Å²) < 4.78 is 0.693. The molecule has 74 valence electrons. The molecular formula is C9H9BrN2O2. The zero-order valence-electron chi connectivity index (χ0n) is 7.49. The number of aliphatic hydroxyl groups excluding tert-OH is 1. The van der Waals surface area contributed by atoms with Crippen LogP contribution < -0.4 is 5.73 Å². The van der Waals surface area contributed by atoms with Gasteiger partial charge in [-0.1, -0.05) is 0 Å². The quantitative estimate of drug-likeness (QED) is 0.684. The molecule has 1 unspecified atom stereocenters. The van der Waals surface area contributed by atoms with Crippen LogP contribution in [0.5, 0.6) is 0 Å². The van der Waals surface area contributed by atoms with E-state index >= 15 is 0 Å². The maximum atomic E-state index is 11.6. The summed E-state index contributed by atoms with van der Waals surface area (Å²) in [5.74, 6) is -0.202. The predicted octanol–water partition coefficient (Wildman–Crippen LogP) is 1.11. The Morgan fingerprint density at radius 2 is 2.21 bits per heavy atom. The number of anilines is 1. The number of amides is 1. The van der Waals surface area contributed by atoms with Crippen LogP contribution in [0.4, 0.5) is 5.69 Å². The molecule has 0 saturated heterocycles. The van der Waals surface area contributed by atoms with E-state index in [1.54, 1.807) is 19.2 Å². The van der Waals surface area contributed by atoms with E-state index in [2.05, 4.69) is 15.9 Å². The summed E-state index contributed by atoms with van der Waals surface area (Å²) in [5.41, 5.74) is 7.22. The van der Waals surface area contributed by atoms with Gasteiger partial charge in [0.15, 0.2) is 6.23 Å². The molecule has 1 aliphatic rings. The summed E-state index contributed by atoms with van der Waals surface area (Å²) in [6.45, 7) is 0. The highest BCUT2D eigenvalue weighted by Crippen LogP contribution is 2.35. The van der Waals surface area contributed by atoms with Crippen molar-refractivity contribution in [2.45, 2.75) is 6.23 Å². The van der Waals surface area contributed by atoms with Crippen molar-refractivity contribution in [1.29, 1.82) is 0 Å². The normalized spacial score (nSPS) is 20.1. The first-order valence-corrected chi connectivity index (χ1v) is 4.86. The summed E-state index contributed by atoms with van der Waals surface area (Å²) in [5, 5.41) is 9.68. The Kier molecular flexibility index (Phi) is 2.01. The highest BCUT2D eigenvalue weighted by atomic mass is 79.9. The van der Waals surface area contributed by atoms with Gasteiger partial charge in [0.1, 0.15) is 0 Å². The van der Waals surface area contributed by atoms with Crippen molar-refractivity contribution >= 4 is 27.5 Å². The van der Waals surface area contributed by atoms with E-state index in [1.165, 1.54) is 4.90 Å². The monoisotopic (exact) mass is 256 g/mol. The topological polar surface area (TPSA) is 66.6 Å². The number of aliphatic hydroxyl groups is 1. The molecule has 0 bridgehead atoms. The fourth-order valence-corrected chi connectivity index (χ4v) is 1.87. The molecule has 1 aromatic carbocycles. The largest absolute Gasteiger partial charge is 0.398 e. The minimum atomic E-state index is -0.866. The number of hydrogen-bond acceptors (Lipinski definition) is 3. The Morgan fingerprint density at radius 3 is 2.86 bits per heavy atom. The molecule has 0 fully saturated rings. The lowest BCUT2D eigenvalue weighted by atomic mass is 10.1. The molecule has 14 heavy (non-hydrogen) atoms. The van der Waals surface area contributed by atoms with E-state index < -0.39 is 6.23 Å². The number of benzene rings is 1. The van der Waals surface area contributed by atoms with Gasteiger partial charge in [-0.2, -0.15) is 0 Å². The average molecular weight is 257 g/mol. The van der Waals surface area contributed by atoms with Crippen LogP contribution in [-0.2, 0) is 0 Å². The number of rotatable bonds is 0. The van der Waals surface area contributed by atoms with Gasteiger partial charge in [-0.15, -0.1) is 0 Å². The van der Waals surface area contributed by atoms with Crippen LogP contribution in [0.15, 0.2) is 16.6 Å². The van der Waals surface area contributed by atoms with E-state index in [4.69, 9.17) is 5.73 Å². The number of nitrogens with zero attached hydrogens (tertiary/aromatic N) is 1. The molecule has 2 rings (SSSR count). The van der Waals surface area contributed by atoms with Crippen LogP contribution in [-0.4, -0.2) is 23.0 Å². The Bertz CT molecular complexity index is 420. The fraction of sp³-hybridized carbons (Fsp3) is 0.222. The van der Waals surface area contributed by atoms with Gasteiger partial charge in [-0.25, -0.2) is 0 Å². The zero-order valence-corrected chi connectivity index (χ0v) is 9.08. The molecule has 3 N–H and O–H groups in total. The first-order chi connectivity index (χ1) is 6.52. The third kappa shape index (κ3) is 1.13. The summed E-state index contributed by atoms with van der Waals surface area (Å²) in [7, 11) is 1.55. The number of halogens is 1. The molecule has 0 saturated carbocycles. The van der Waals surface area contributed by atoms with Crippen molar-refractivity contribution < 1.29 is 9.90 Å². The van der Waals surface area contributed by atoms with Crippen molar-refractivity contribution in [3.05, 3.63) is 27.7 Å². The molecule has 0 radical (unpaired) electrons. The Balaban J connectivity index is 2.65. The maximum Gasteiger partial charge on any atom is 0.256 e. The summed E-state index contributed by atoms with van der Waals surface area (Å²) in [6.07, 6.45) is -0.866. The van der Waals surface area contributed by atoms with Crippen molar-refractivity contribution in [2.75, 3.05) is 12.8 Å². The van der Waals surface area contributed by atoms with Gasteiger partial charge in [-0.3, -0.25) is 4.79 Å². The molecule has 1 aliphatic heterocycles. The number of nitrogens with two attached hydrogens (primary N) is 1. The van der Waals surface area contributed by atoms with Crippen LogP contribution >= 0.6 is 15.9 Å². The molecule has 1 aromatic rings.